The Morgan fingerprint density at radius 1 is 1.19 bits per heavy atom. The highest BCUT2D eigenvalue weighted by Gasteiger charge is 2.41. The van der Waals surface area contributed by atoms with Crippen molar-refractivity contribution in [1.82, 2.24) is 10.6 Å². The van der Waals surface area contributed by atoms with Gasteiger partial charge in [-0.05, 0) is 99.2 Å². The van der Waals surface area contributed by atoms with Gasteiger partial charge in [-0.3, -0.25) is 9.59 Å². The van der Waals surface area contributed by atoms with E-state index < -0.39 is 11.5 Å². The number of hydrogen-bond donors (Lipinski definition) is 3. The Labute approximate surface area is 217 Å². The maximum Gasteiger partial charge on any atom is 0.303 e. The van der Waals surface area contributed by atoms with E-state index in [9.17, 15) is 14.0 Å². The molecule has 1 heterocycles. The normalized spacial score (nSPS) is 19.4. The molecule has 0 bridgehead atoms. The monoisotopic (exact) mass is 506 g/mol. The van der Waals surface area contributed by atoms with Gasteiger partial charge in [-0.2, -0.15) is 0 Å². The van der Waals surface area contributed by atoms with Gasteiger partial charge in [0.2, 0.25) is 0 Å². The van der Waals surface area contributed by atoms with Crippen molar-refractivity contribution in [2.24, 2.45) is 5.92 Å². The summed E-state index contributed by atoms with van der Waals surface area (Å²) in [6, 6.07) is 11.4. The third-order valence-corrected chi connectivity index (χ3v) is 6.67. The number of carboxylic acids is 1. The van der Waals surface area contributed by atoms with Gasteiger partial charge in [0.15, 0.2) is 0 Å². The molecule has 2 atom stereocenters. The fraction of sp³-hybridized carbons (Fsp3) is 0.333. The van der Waals surface area contributed by atoms with Crippen molar-refractivity contribution < 1.29 is 23.8 Å². The molecule has 6 nitrogen and oxygen atoms in total. The van der Waals surface area contributed by atoms with Crippen molar-refractivity contribution in [1.29, 1.82) is 0 Å². The molecule has 0 saturated carbocycles. The molecular formula is C30H35FN2O4. The largest absolute Gasteiger partial charge is 0.481 e. The molecule has 0 radical (unpaired) electrons. The Kier molecular flexibility index (Phi) is 8.58. The molecule has 7 heteroatoms. The Bertz CT molecular complexity index is 1280. The summed E-state index contributed by atoms with van der Waals surface area (Å²) in [4.78, 5) is 23.9. The molecule has 1 amide bonds. The van der Waals surface area contributed by atoms with Gasteiger partial charge >= 0.3 is 5.97 Å². The van der Waals surface area contributed by atoms with Crippen LogP contribution in [0, 0.1) is 19.8 Å². The summed E-state index contributed by atoms with van der Waals surface area (Å²) < 4.78 is 19.8. The molecule has 196 valence electrons. The van der Waals surface area contributed by atoms with Gasteiger partial charge < -0.3 is 20.5 Å². The molecule has 0 saturated heterocycles. The van der Waals surface area contributed by atoms with Crippen molar-refractivity contribution in [3.05, 3.63) is 94.5 Å². The van der Waals surface area contributed by atoms with Gasteiger partial charge in [0.1, 0.15) is 17.2 Å². The molecule has 2 unspecified atom stereocenters. The Hall–Kier alpha value is -3.87. The quantitative estimate of drug-likeness (QED) is 0.342. The highest BCUT2D eigenvalue weighted by molar-refractivity contribution is 5.94. The summed E-state index contributed by atoms with van der Waals surface area (Å²) in [6.45, 7) is 13.1. The van der Waals surface area contributed by atoms with Crippen LogP contribution in [0.15, 0.2) is 72.2 Å². The number of rotatable bonds is 10. The third kappa shape index (κ3) is 6.88. The van der Waals surface area contributed by atoms with Gasteiger partial charge in [0, 0.05) is 18.9 Å². The minimum atomic E-state index is -0.824. The summed E-state index contributed by atoms with van der Waals surface area (Å²) in [5, 5.41) is 15.1. The number of ether oxygens (including phenoxy) is 1. The number of halogens is 1. The number of amides is 1. The van der Waals surface area contributed by atoms with E-state index in [0.29, 0.717) is 23.6 Å². The molecule has 3 rings (SSSR count). The second-order valence-corrected chi connectivity index (χ2v) is 9.82. The molecule has 37 heavy (non-hydrogen) atoms. The summed E-state index contributed by atoms with van der Waals surface area (Å²) in [5.41, 5.74) is 4.31. The number of nitrogens with one attached hydrogen (secondary N) is 2. The van der Waals surface area contributed by atoms with Crippen molar-refractivity contribution >= 4 is 11.9 Å². The number of carboxylic acid groups (broad SMARTS) is 1. The lowest BCUT2D eigenvalue weighted by atomic mass is 9.83. The second-order valence-electron chi connectivity index (χ2n) is 9.82. The summed E-state index contributed by atoms with van der Waals surface area (Å²) in [7, 11) is 0. The minimum absolute atomic E-state index is 0.0830. The predicted molar refractivity (Wildman–Crippen MR) is 143 cm³/mol. The average Bonchev–Trinajstić information content (AvgIpc) is 3.07. The first-order chi connectivity index (χ1) is 17.4. The van der Waals surface area contributed by atoms with Gasteiger partial charge in [-0.15, -0.1) is 6.58 Å². The van der Waals surface area contributed by atoms with E-state index in [-0.39, 0.29) is 30.6 Å². The lowest BCUT2D eigenvalue weighted by molar-refractivity contribution is -0.137. The zero-order valence-electron chi connectivity index (χ0n) is 22.1. The average molecular weight is 507 g/mol. The summed E-state index contributed by atoms with van der Waals surface area (Å²) in [5.74, 6) is -0.421. The molecule has 0 aromatic heterocycles. The number of hydrogen-bond acceptors (Lipinski definition) is 4. The number of carbonyl (C=O) groups is 2. The second kappa shape index (κ2) is 11.5. The molecular weight excluding hydrogens is 471 g/mol. The predicted octanol–water partition coefficient (Wildman–Crippen LogP) is 6.04. The molecule has 3 N–H and O–H groups in total. The van der Waals surface area contributed by atoms with E-state index in [0.717, 1.165) is 27.8 Å². The van der Waals surface area contributed by atoms with E-state index in [1.54, 1.807) is 6.08 Å². The van der Waals surface area contributed by atoms with Crippen LogP contribution >= 0.6 is 0 Å². The van der Waals surface area contributed by atoms with Gasteiger partial charge in [0.25, 0.3) is 5.91 Å². The SMILES string of the molecule is C=CC1(C)NC(C(=O)NCc2cc(C)cc(Oc3ccc(CCC(=O)O)c(C)c3)c2)=C(C)C1/C=C(\C)F. The molecule has 2 aromatic carbocycles. The lowest BCUT2D eigenvalue weighted by Crippen LogP contribution is -2.42. The van der Waals surface area contributed by atoms with Crippen LogP contribution in [0.1, 0.15) is 49.4 Å². The number of allylic oxidation sites excluding steroid dienone is 1. The summed E-state index contributed by atoms with van der Waals surface area (Å²) >= 11 is 0. The lowest BCUT2D eigenvalue weighted by Gasteiger charge is -2.28. The smallest absolute Gasteiger partial charge is 0.303 e. The molecule has 2 aromatic rings. The first kappa shape index (κ1) is 27.7. The summed E-state index contributed by atoms with van der Waals surface area (Å²) in [6.07, 6.45) is 3.76. The van der Waals surface area contributed by atoms with Crippen molar-refractivity contribution in [3.63, 3.8) is 0 Å². The molecule has 1 aliphatic rings. The Morgan fingerprint density at radius 2 is 1.92 bits per heavy atom. The van der Waals surface area contributed by atoms with Gasteiger partial charge in [-0.25, -0.2) is 4.39 Å². The number of carbonyl (C=O) groups excluding carboxylic acids is 1. The van der Waals surface area contributed by atoms with Crippen LogP contribution in [0.3, 0.4) is 0 Å². The van der Waals surface area contributed by atoms with Crippen LogP contribution in [0.2, 0.25) is 0 Å². The van der Waals surface area contributed by atoms with Crippen LogP contribution in [0.25, 0.3) is 0 Å². The highest BCUT2D eigenvalue weighted by atomic mass is 19.1. The van der Waals surface area contributed by atoms with E-state index in [1.807, 2.05) is 64.1 Å². The highest BCUT2D eigenvalue weighted by Crippen LogP contribution is 2.36. The number of benzene rings is 2. The minimum Gasteiger partial charge on any atom is -0.481 e. The fourth-order valence-corrected chi connectivity index (χ4v) is 4.64. The van der Waals surface area contributed by atoms with Crippen LogP contribution in [0.5, 0.6) is 11.5 Å². The third-order valence-electron chi connectivity index (χ3n) is 6.67. The topological polar surface area (TPSA) is 87.7 Å². The van der Waals surface area contributed by atoms with E-state index in [1.165, 1.54) is 13.0 Å². The first-order valence-electron chi connectivity index (χ1n) is 12.3. The Balaban J connectivity index is 1.71. The van der Waals surface area contributed by atoms with Gasteiger partial charge in [0.05, 0.1) is 11.4 Å². The molecule has 1 aliphatic heterocycles. The standard InChI is InChI=1S/C30H35FN2O4/c1-7-30(6)26(15-20(4)31)21(5)28(33-30)29(36)32-17-22-12-18(2)13-25(16-22)37-24-10-8-23(19(3)14-24)9-11-27(34)35/h7-8,10,12-16,26,33H,1,9,11,17H2,2-6H3,(H,32,36)(H,34,35)/b20-15+. The maximum atomic E-state index is 13.7. The fourth-order valence-electron chi connectivity index (χ4n) is 4.64. The van der Waals surface area contributed by atoms with Crippen molar-refractivity contribution in [2.75, 3.05) is 0 Å². The van der Waals surface area contributed by atoms with Crippen LogP contribution in [-0.2, 0) is 22.6 Å². The van der Waals surface area contributed by atoms with E-state index in [4.69, 9.17) is 9.84 Å². The number of aliphatic carboxylic acids is 1. The molecule has 0 spiro atoms. The molecule has 0 aliphatic carbocycles. The first-order valence-corrected chi connectivity index (χ1v) is 12.3. The zero-order valence-corrected chi connectivity index (χ0v) is 22.1. The zero-order chi connectivity index (χ0) is 27.3. The number of aryl methyl sites for hydroxylation is 3. The van der Waals surface area contributed by atoms with Crippen LogP contribution < -0.4 is 15.4 Å². The van der Waals surface area contributed by atoms with E-state index >= 15 is 0 Å². The van der Waals surface area contributed by atoms with Gasteiger partial charge in [-0.1, -0.05) is 18.2 Å². The van der Waals surface area contributed by atoms with Crippen LogP contribution in [0.4, 0.5) is 4.39 Å². The van der Waals surface area contributed by atoms with Crippen molar-refractivity contribution in [3.8, 4) is 11.5 Å². The van der Waals surface area contributed by atoms with Crippen LogP contribution in [-0.4, -0.2) is 22.5 Å². The van der Waals surface area contributed by atoms with Crippen molar-refractivity contribution in [2.45, 2.75) is 59.5 Å². The Morgan fingerprint density at radius 3 is 2.54 bits per heavy atom. The maximum absolute atomic E-state index is 13.7. The molecule has 0 fully saturated rings. The van der Waals surface area contributed by atoms with E-state index in [2.05, 4.69) is 17.2 Å².